The van der Waals surface area contributed by atoms with Gasteiger partial charge < -0.3 is 15.5 Å². The van der Waals surface area contributed by atoms with Crippen molar-refractivity contribution in [2.75, 3.05) is 24.5 Å². The summed E-state index contributed by atoms with van der Waals surface area (Å²) < 4.78 is 0. The first kappa shape index (κ1) is 18.0. The second-order valence-corrected chi connectivity index (χ2v) is 6.87. The van der Waals surface area contributed by atoms with E-state index < -0.39 is 5.54 Å². The highest BCUT2D eigenvalue weighted by molar-refractivity contribution is 6.02. The molecule has 0 aromatic heterocycles. The predicted octanol–water partition coefficient (Wildman–Crippen LogP) is 2.78. The van der Waals surface area contributed by atoms with E-state index in [-0.39, 0.29) is 11.9 Å². The minimum Gasteiger partial charge on any atom is -0.317 e. The number of carbonyl (C=O) groups is 1. The molecule has 1 heterocycles. The Morgan fingerprint density at radius 1 is 1.26 bits per heavy atom. The van der Waals surface area contributed by atoms with Gasteiger partial charge in [-0.3, -0.25) is 4.79 Å². The van der Waals surface area contributed by atoms with E-state index in [0.717, 1.165) is 49.3 Å². The number of amides is 1. The fourth-order valence-electron chi connectivity index (χ4n) is 3.67. The first-order valence-corrected chi connectivity index (χ1v) is 8.78. The lowest BCUT2D eigenvalue weighted by Gasteiger charge is -2.42. The van der Waals surface area contributed by atoms with Crippen molar-refractivity contribution in [3.63, 3.8) is 0 Å². The summed E-state index contributed by atoms with van der Waals surface area (Å²) in [4.78, 5) is 15.6. The fraction of sp³-hybridized carbons (Fsp3) is 0.632. The summed E-state index contributed by atoms with van der Waals surface area (Å²) in [6, 6.07) is 6.37. The van der Waals surface area contributed by atoms with Crippen LogP contribution in [-0.4, -0.2) is 37.1 Å². The zero-order valence-electron chi connectivity index (χ0n) is 15.2. The molecule has 23 heavy (non-hydrogen) atoms. The summed E-state index contributed by atoms with van der Waals surface area (Å²) in [5, 5.41) is 6.88. The van der Waals surface area contributed by atoms with Gasteiger partial charge in [-0.15, -0.1) is 0 Å². The van der Waals surface area contributed by atoms with Gasteiger partial charge in [0.1, 0.15) is 5.54 Å². The maximum absolute atomic E-state index is 13.6. The molecule has 1 aliphatic rings. The number of rotatable bonds is 5. The number of carbonyl (C=O) groups excluding carboxylic acids is 1. The molecule has 2 N–H and O–H groups in total. The summed E-state index contributed by atoms with van der Waals surface area (Å²) in [6.45, 7) is 13.0. The number of likely N-dealkylation sites (N-methyl/N-ethyl adjacent to an activating group) is 1. The minimum absolute atomic E-state index is 0.132. The maximum Gasteiger partial charge on any atom is 0.247 e. The molecule has 4 nitrogen and oxygen atoms in total. The third kappa shape index (κ3) is 3.59. The van der Waals surface area contributed by atoms with Crippen molar-refractivity contribution in [3.8, 4) is 0 Å². The van der Waals surface area contributed by atoms with Crippen molar-refractivity contribution in [3.05, 3.63) is 29.3 Å². The lowest BCUT2D eigenvalue weighted by molar-refractivity contribution is -0.126. The first-order chi connectivity index (χ1) is 10.9. The van der Waals surface area contributed by atoms with Crippen molar-refractivity contribution >= 4 is 11.6 Å². The van der Waals surface area contributed by atoms with Crippen molar-refractivity contribution in [1.29, 1.82) is 0 Å². The number of hydrogen-bond acceptors (Lipinski definition) is 3. The second kappa shape index (κ2) is 7.45. The van der Waals surface area contributed by atoms with Gasteiger partial charge in [0.05, 0.1) is 0 Å². The van der Waals surface area contributed by atoms with Crippen LogP contribution in [0.25, 0.3) is 0 Å². The van der Waals surface area contributed by atoms with Crippen LogP contribution in [0.1, 0.15) is 44.7 Å². The number of anilines is 1. The normalized spacial score (nSPS) is 17.3. The Morgan fingerprint density at radius 2 is 1.83 bits per heavy atom. The molecule has 1 aromatic rings. The Bertz CT molecular complexity index is 522. The molecule has 4 heteroatoms. The quantitative estimate of drug-likeness (QED) is 0.878. The molecular weight excluding hydrogens is 286 g/mol. The summed E-state index contributed by atoms with van der Waals surface area (Å²) >= 11 is 0. The van der Waals surface area contributed by atoms with Gasteiger partial charge in [-0.2, -0.15) is 0 Å². The molecule has 1 fully saturated rings. The number of para-hydroxylation sites is 1. The molecule has 0 unspecified atom stereocenters. The topological polar surface area (TPSA) is 44.4 Å². The van der Waals surface area contributed by atoms with E-state index in [1.54, 1.807) is 0 Å². The van der Waals surface area contributed by atoms with Gasteiger partial charge in [-0.25, -0.2) is 0 Å². The molecule has 0 bridgehead atoms. The molecule has 0 aliphatic carbocycles. The van der Waals surface area contributed by atoms with E-state index in [2.05, 4.69) is 63.5 Å². The molecule has 128 valence electrons. The number of hydrogen-bond donors (Lipinski definition) is 2. The van der Waals surface area contributed by atoms with Crippen LogP contribution in [-0.2, 0) is 4.79 Å². The van der Waals surface area contributed by atoms with Crippen molar-refractivity contribution in [1.82, 2.24) is 10.6 Å². The van der Waals surface area contributed by atoms with Gasteiger partial charge in [0.25, 0.3) is 0 Å². The van der Waals surface area contributed by atoms with Crippen molar-refractivity contribution in [2.24, 2.45) is 0 Å². The van der Waals surface area contributed by atoms with Crippen LogP contribution in [0, 0.1) is 13.8 Å². The molecule has 0 atom stereocenters. The van der Waals surface area contributed by atoms with E-state index >= 15 is 0 Å². The molecule has 1 aliphatic heterocycles. The molecule has 1 aromatic carbocycles. The highest BCUT2D eigenvalue weighted by Gasteiger charge is 2.43. The average molecular weight is 317 g/mol. The van der Waals surface area contributed by atoms with E-state index in [9.17, 15) is 4.79 Å². The number of nitrogens with one attached hydrogen (secondary N) is 2. The van der Waals surface area contributed by atoms with Crippen LogP contribution >= 0.6 is 0 Å². The standard InChI is InChI=1S/C19H31N3O/c1-6-21-19(10-12-20-13-11-19)18(23)22(14(2)3)17-15(4)8-7-9-16(17)5/h7-9,14,20-21H,6,10-13H2,1-5H3. The molecule has 0 radical (unpaired) electrons. The molecule has 0 saturated carbocycles. The van der Waals surface area contributed by atoms with E-state index in [0.29, 0.717) is 0 Å². The maximum atomic E-state index is 13.6. The average Bonchev–Trinajstić information content (AvgIpc) is 2.51. The molecule has 1 saturated heterocycles. The Balaban J connectivity index is 2.45. The molecule has 2 rings (SSSR count). The Labute approximate surface area is 140 Å². The van der Waals surface area contributed by atoms with Gasteiger partial charge in [-0.1, -0.05) is 25.1 Å². The number of piperidine rings is 1. The third-order valence-corrected chi connectivity index (χ3v) is 4.80. The zero-order chi connectivity index (χ0) is 17.0. The summed E-state index contributed by atoms with van der Waals surface area (Å²) in [6.07, 6.45) is 1.68. The number of aryl methyl sites for hydroxylation is 2. The summed E-state index contributed by atoms with van der Waals surface area (Å²) in [7, 11) is 0. The van der Waals surface area contributed by atoms with E-state index in [4.69, 9.17) is 0 Å². The highest BCUT2D eigenvalue weighted by atomic mass is 16.2. The Hall–Kier alpha value is -1.39. The lowest BCUT2D eigenvalue weighted by Crippen LogP contribution is -2.63. The number of nitrogens with zero attached hydrogens (tertiary/aromatic N) is 1. The first-order valence-electron chi connectivity index (χ1n) is 8.78. The Morgan fingerprint density at radius 3 is 2.30 bits per heavy atom. The zero-order valence-corrected chi connectivity index (χ0v) is 15.2. The van der Waals surface area contributed by atoms with Crippen LogP contribution in [0.15, 0.2) is 18.2 Å². The van der Waals surface area contributed by atoms with Gasteiger partial charge >= 0.3 is 0 Å². The predicted molar refractivity (Wildman–Crippen MR) is 97.0 cm³/mol. The second-order valence-electron chi connectivity index (χ2n) is 6.87. The lowest BCUT2D eigenvalue weighted by atomic mass is 9.85. The largest absolute Gasteiger partial charge is 0.317 e. The van der Waals surface area contributed by atoms with E-state index in [1.165, 1.54) is 0 Å². The van der Waals surface area contributed by atoms with Crippen molar-refractivity contribution in [2.45, 2.75) is 59.0 Å². The van der Waals surface area contributed by atoms with Gasteiger partial charge in [0, 0.05) is 11.7 Å². The Kier molecular flexibility index (Phi) is 5.82. The summed E-state index contributed by atoms with van der Waals surface area (Å²) in [5.74, 6) is 0.216. The van der Waals surface area contributed by atoms with Crippen LogP contribution < -0.4 is 15.5 Å². The minimum atomic E-state index is -0.445. The molecule has 0 spiro atoms. The smallest absolute Gasteiger partial charge is 0.247 e. The van der Waals surface area contributed by atoms with E-state index in [1.807, 2.05) is 4.90 Å². The van der Waals surface area contributed by atoms with Crippen LogP contribution in [0.2, 0.25) is 0 Å². The van der Waals surface area contributed by atoms with Crippen LogP contribution in [0.5, 0.6) is 0 Å². The van der Waals surface area contributed by atoms with Crippen LogP contribution in [0.3, 0.4) is 0 Å². The van der Waals surface area contributed by atoms with Crippen LogP contribution in [0.4, 0.5) is 5.69 Å². The van der Waals surface area contributed by atoms with Gasteiger partial charge in [0.15, 0.2) is 0 Å². The third-order valence-electron chi connectivity index (χ3n) is 4.80. The van der Waals surface area contributed by atoms with Gasteiger partial charge in [-0.05, 0) is 71.3 Å². The summed E-state index contributed by atoms with van der Waals surface area (Å²) in [5.41, 5.74) is 2.95. The molecule has 1 amide bonds. The monoisotopic (exact) mass is 317 g/mol. The SMILES string of the molecule is CCNC1(C(=O)N(c2c(C)cccc2C)C(C)C)CCNCC1. The fourth-order valence-corrected chi connectivity index (χ4v) is 3.67. The van der Waals surface area contributed by atoms with Crippen molar-refractivity contribution < 1.29 is 4.79 Å². The number of benzene rings is 1. The molecular formula is C19H31N3O. The van der Waals surface area contributed by atoms with Gasteiger partial charge in [0.2, 0.25) is 5.91 Å². The highest BCUT2D eigenvalue weighted by Crippen LogP contribution is 2.31.